The van der Waals surface area contributed by atoms with E-state index >= 15 is 0 Å². The van der Waals surface area contributed by atoms with Gasteiger partial charge in [0.1, 0.15) is 6.04 Å². The number of carbonyl (C=O) groups is 1. The van der Waals surface area contributed by atoms with Crippen molar-refractivity contribution in [1.82, 2.24) is 19.9 Å². The molecule has 2 heterocycles. The number of carbonyl (C=O) groups excluding carboxylic acids is 1. The van der Waals surface area contributed by atoms with Gasteiger partial charge in [0.05, 0.1) is 5.52 Å². The zero-order valence-corrected chi connectivity index (χ0v) is 14.0. The minimum absolute atomic E-state index is 0.0552. The summed E-state index contributed by atoms with van der Waals surface area (Å²) in [5.74, 6) is 0.358. The average Bonchev–Trinajstić information content (AvgIpc) is 2.69. The number of aromatic amines is 1. The van der Waals surface area contributed by atoms with Crippen molar-refractivity contribution in [2.75, 3.05) is 6.54 Å². The van der Waals surface area contributed by atoms with Crippen molar-refractivity contribution in [2.45, 2.75) is 26.8 Å². The Hall–Kier alpha value is -1.21. The van der Waals surface area contributed by atoms with E-state index in [1.807, 2.05) is 13.0 Å². The van der Waals surface area contributed by atoms with Crippen LogP contribution in [-0.2, 0) is 4.79 Å². The highest BCUT2D eigenvalue weighted by atomic mass is 79.9. The summed E-state index contributed by atoms with van der Waals surface area (Å²) < 4.78 is 3.11. The van der Waals surface area contributed by atoms with Gasteiger partial charge in [0.25, 0.3) is 0 Å². The molecule has 2 N–H and O–H groups in total. The van der Waals surface area contributed by atoms with E-state index in [2.05, 4.69) is 45.1 Å². The van der Waals surface area contributed by atoms with Crippen molar-refractivity contribution < 1.29 is 4.79 Å². The molecule has 0 fully saturated rings. The van der Waals surface area contributed by atoms with Crippen molar-refractivity contribution >= 4 is 45.2 Å². The Labute approximate surface area is 130 Å². The molecular formula is C13H17BrN4OS. The number of nitrogens with one attached hydrogen (secondary N) is 2. The first kappa shape index (κ1) is 15.2. The van der Waals surface area contributed by atoms with Crippen LogP contribution in [0.2, 0.25) is 0 Å². The molecule has 1 unspecified atom stereocenters. The third-order valence-corrected chi connectivity index (χ3v) is 3.71. The normalized spacial score (nSPS) is 12.8. The van der Waals surface area contributed by atoms with Gasteiger partial charge in [-0.25, -0.2) is 4.98 Å². The number of hydrogen-bond donors (Lipinski definition) is 2. The lowest BCUT2D eigenvalue weighted by Crippen LogP contribution is -2.33. The molecule has 5 nitrogen and oxygen atoms in total. The molecule has 2 rings (SSSR count). The molecule has 1 amide bonds. The van der Waals surface area contributed by atoms with Crippen LogP contribution in [0.1, 0.15) is 26.8 Å². The predicted octanol–water partition coefficient (Wildman–Crippen LogP) is 3.19. The van der Waals surface area contributed by atoms with Crippen LogP contribution in [0.15, 0.2) is 16.7 Å². The van der Waals surface area contributed by atoms with E-state index in [1.165, 1.54) is 0 Å². The fourth-order valence-electron chi connectivity index (χ4n) is 1.92. The zero-order valence-electron chi connectivity index (χ0n) is 11.6. The standard InChI is InChI=1S/C13H17BrN4OS/c1-7(2)5-16-12(19)8(3)18-11-10(17-13(18)20)4-9(14)6-15-11/h4,6-8H,5H2,1-3H3,(H,16,19)(H,17,20). The number of nitrogens with zero attached hydrogens (tertiary/aromatic N) is 2. The van der Waals surface area contributed by atoms with E-state index in [-0.39, 0.29) is 5.91 Å². The second-order valence-corrected chi connectivity index (χ2v) is 6.44. The van der Waals surface area contributed by atoms with Crippen molar-refractivity contribution in [3.05, 3.63) is 21.5 Å². The predicted molar refractivity (Wildman–Crippen MR) is 85.2 cm³/mol. The average molecular weight is 357 g/mol. The van der Waals surface area contributed by atoms with Crippen molar-refractivity contribution in [1.29, 1.82) is 0 Å². The minimum Gasteiger partial charge on any atom is -0.354 e. The third-order valence-electron chi connectivity index (χ3n) is 2.97. The van der Waals surface area contributed by atoms with Gasteiger partial charge >= 0.3 is 0 Å². The summed E-state index contributed by atoms with van der Waals surface area (Å²) >= 11 is 8.67. The van der Waals surface area contributed by atoms with Crippen molar-refractivity contribution in [2.24, 2.45) is 5.92 Å². The summed E-state index contributed by atoms with van der Waals surface area (Å²) in [4.78, 5) is 19.6. The molecule has 2 aromatic rings. The first-order valence-electron chi connectivity index (χ1n) is 6.43. The molecule has 0 aromatic carbocycles. The summed E-state index contributed by atoms with van der Waals surface area (Å²) in [6, 6.07) is 1.50. The Kier molecular flexibility index (Phi) is 4.59. The molecule has 2 aromatic heterocycles. The van der Waals surface area contributed by atoms with E-state index in [1.54, 1.807) is 10.8 Å². The lowest BCUT2D eigenvalue weighted by atomic mass is 10.2. The largest absolute Gasteiger partial charge is 0.354 e. The highest BCUT2D eigenvalue weighted by Gasteiger charge is 2.19. The van der Waals surface area contributed by atoms with Gasteiger partial charge in [0.2, 0.25) is 5.91 Å². The Balaban J connectivity index is 2.34. The van der Waals surface area contributed by atoms with E-state index in [0.717, 1.165) is 9.99 Å². The number of amides is 1. The molecule has 0 aliphatic carbocycles. The molecule has 0 aliphatic rings. The maximum atomic E-state index is 12.2. The Bertz CT molecular complexity index is 691. The van der Waals surface area contributed by atoms with Crippen LogP contribution in [0.25, 0.3) is 11.2 Å². The van der Waals surface area contributed by atoms with Gasteiger partial charge in [-0.2, -0.15) is 0 Å². The summed E-state index contributed by atoms with van der Waals surface area (Å²) in [5.41, 5.74) is 1.50. The topological polar surface area (TPSA) is 62.7 Å². The quantitative estimate of drug-likeness (QED) is 0.826. The number of hydrogen-bond acceptors (Lipinski definition) is 3. The van der Waals surface area contributed by atoms with Crippen LogP contribution in [-0.4, -0.2) is 27.0 Å². The SMILES string of the molecule is CC(C)CNC(=O)C(C)n1c(=S)[nH]c2cc(Br)cnc21. The number of H-pyrrole nitrogens is 1. The lowest BCUT2D eigenvalue weighted by molar-refractivity contribution is -0.123. The van der Waals surface area contributed by atoms with Gasteiger partial charge < -0.3 is 10.3 Å². The molecule has 7 heteroatoms. The highest BCUT2D eigenvalue weighted by Crippen LogP contribution is 2.20. The smallest absolute Gasteiger partial charge is 0.242 e. The maximum Gasteiger partial charge on any atom is 0.242 e. The number of fused-ring (bicyclic) bond motifs is 1. The third kappa shape index (κ3) is 3.09. The lowest BCUT2D eigenvalue weighted by Gasteiger charge is -2.15. The van der Waals surface area contributed by atoms with E-state index in [4.69, 9.17) is 12.2 Å². The molecule has 0 aliphatic heterocycles. The summed E-state index contributed by atoms with van der Waals surface area (Å²) in [6.45, 7) is 6.59. The minimum atomic E-state index is -0.399. The molecule has 0 radical (unpaired) electrons. The molecule has 0 saturated carbocycles. The van der Waals surface area contributed by atoms with Crippen molar-refractivity contribution in [3.63, 3.8) is 0 Å². The molecule has 108 valence electrons. The van der Waals surface area contributed by atoms with Gasteiger partial charge in [-0.15, -0.1) is 0 Å². The first-order chi connectivity index (χ1) is 9.40. The number of halogens is 1. The molecular weight excluding hydrogens is 340 g/mol. The Morgan fingerprint density at radius 3 is 2.90 bits per heavy atom. The number of pyridine rings is 1. The zero-order chi connectivity index (χ0) is 14.9. The van der Waals surface area contributed by atoms with Crippen LogP contribution >= 0.6 is 28.1 Å². The number of imidazole rings is 1. The first-order valence-corrected chi connectivity index (χ1v) is 7.63. The van der Waals surface area contributed by atoms with Crippen LogP contribution in [0.3, 0.4) is 0 Å². The van der Waals surface area contributed by atoms with Gasteiger partial charge in [-0.3, -0.25) is 9.36 Å². The highest BCUT2D eigenvalue weighted by molar-refractivity contribution is 9.10. The van der Waals surface area contributed by atoms with Crippen LogP contribution < -0.4 is 5.32 Å². The molecule has 0 bridgehead atoms. The molecule has 0 saturated heterocycles. The van der Waals surface area contributed by atoms with Gasteiger partial charge in [-0.1, -0.05) is 13.8 Å². The number of rotatable bonds is 4. The summed E-state index contributed by atoms with van der Waals surface area (Å²) in [7, 11) is 0. The second kappa shape index (κ2) is 6.05. The van der Waals surface area contributed by atoms with Gasteiger partial charge in [-0.05, 0) is 47.1 Å². The van der Waals surface area contributed by atoms with Crippen molar-refractivity contribution in [3.8, 4) is 0 Å². The Morgan fingerprint density at radius 1 is 1.55 bits per heavy atom. The fourth-order valence-corrected chi connectivity index (χ4v) is 2.60. The van der Waals surface area contributed by atoms with Crippen LogP contribution in [0.5, 0.6) is 0 Å². The Morgan fingerprint density at radius 2 is 2.25 bits per heavy atom. The van der Waals surface area contributed by atoms with Crippen LogP contribution in [0, 0.1) is 10.7 Å². The number of aromatic nitrogens is 3. The molecule has 20 heavy (non-hydrogen) atoms. The molecule has 1 atom stereocenters. The second-order valence-electron chi connectivity index (χ2n) is 5.14. The maximum absolute atomic E-state index is 12.2. The monoisotopic (exact) mass is 356 g/mol. The molecule has 0 spiro atoms. The van der Waals surface area contributed by atoms with Gasteiger partial charge in [0.15, 0.2) is 10.4 Å². The summed E-state index contributed by atoms with van der Waals surface area (Å²) in [5, 5.41) is 2.92. The van der Waals surface area contributed by atoms with E-state index in [9.17, 15) is 4.79 Å². The van der Waals surface area contributed by atoms with Gasteiger partial charge in [0, 0.05) is 17.2 Å². The summed E-state index contributed by atoms with van der Waals surface area (Å²) in [6.07, 6.45) is 1.69. The van der Waals surface area contributed by atoms with E-state index < -0.39 is 6.04 Å². The fraction of sp³-hybridized carbons (Fsp3) is 0.462. The van der Waals surface area contributed by atoms with E-state index in [0.29, 0.717) is 22.9 Å². The van der Waals surface area contributed by atoms with Crippen LogP contribution in [0.4, 0.5) is 0 Å².